The molecule has 2 aromatic rings. The van der Waals surface area contributed by atoms with Crippen molar-refractivity contribution in [3.8, 4) is 11.5 Å². The lowest BCUT2D eigenvalue weighted by Crippen LogP contribution is -2.42. The molecule has 0 bridgehead atoms. The van der Waals surface area contributed by atoms with Crippen LogP contribution in [0.25, 0.3) is 0 Å². The van der Waals surface area contributed by atoms with Gasteiger partial charge in [0.25, 0.3) is 5.91 Å². The summed E-state index contributed by atoms with van der Waals surface area (Å²) in [7, 11) is -0.761. The van der Waals surface area contributed by atoms with E-state index >= 15 is 0 Å². The quantitative estimate of drug-likeness (QED) is 0.693. The highest BCUT2D eigenvalue weighted by atomic mass is 32.2. The Bertz CT molecular complexity index is 1080. The Kier molecular flexibility index (Phi) is 6.54. The summed E-state index contributed by atoms with van der Waals surface area (Å²) in [6.07, 6.45) is -0.352. The van der Waals surface area contributed by atoms with Crippen LogP contribution in [0.15, 0.2) is 47.4 Å². The minimum atomic E-state index is -3.68. The number of ether oxygens (including phenoxy) is 3. The SMILES string of the molecule is CN(C)S(=O)(=O)c1ccc(N2CCOCC2)c(C(=O)NC[C@@H]2COc3ccccc3O2)c1. The summed E-state index contributed by atoms with van der Waals surface area (Å²) in [5.74, 6) is 0.933. The van der Waals surface area contributed by atoms with Crippen LogP contribution in [0.5, 0.6) is 11.5 Å². The van der Waals surface area contributed by atoms with Crippen LogP contribution >= 0.6 is 0 Å². The van der Waals surface area contributed by atoms with Crippen molar-refractivity contribution in [3.63, 3.8) is 0 Å². The fourth-order valence-corrected chi connectivity index (χ4v) is 4.54. The van der Waals surface area contributed by atoms with Crippen LogP contribution in [0.4, 0.5) is 5.69 Å². The summed E-state index contributed by atoms with van der Waals surface area (Å²) in [5, 5.41) is 2.88. The van der Waals surface area contributed by atoms with Crippen molar-refractivity contribution in [1.82, 2.24) is 9.62 Å². The van der Waals surface area contributed by atoms with Crippen molar-refractivity contribution in [2.24, 2.45) is 0 Å². The number of para-hydroxylation sites is 2. The second-order valence-corrected chi connectivity index (χ2v) is 9.93. The Labute approximate surface area is 187 Å². The van der Waals surface area contributed by atoms with Crippen LogP contribution in [-0.4, -0.2) is 78.3 Å². The van der Waals surface area contributed by atoms with E-state index in [1.807, 2.05) is 29.2 Å². The van der Waals surface area contributed by atoms with Gasteiger partial charge in [0.05, 0.1) is 30.2 Å². The third-order valence-electron chi connectivity index (χ3n) is 5.40. The van der Waals surface area contributed by atoms with E-state index in [2.05, 4.69) is 5.32 Å². The molecule has 4 rings (SSSR count). The molecule has 2 heterocycles. The Hall–Kier alpha value is -2.82. The molecule has 0 aromatic heterocycles. The third kappa shape index (κ3) is 4.67. The molecule has 0 unspecified atom stereocenters. The number of nitrogens with zero attached hydrogens (tertiary/aromatic N) is 2. The molecule has 1 N–H and O–H groups in total. The van der Waals surface area contributed by atoms with Crippen molar-refractivity contribution in [3.05, 3.63) is 48.0 Å². The molecule has 2 aliphatic rings. The molecule has 0 aliphatic carbocycles. The zero-order chi connectivity index (χ0) is 22.7. The number of hydrogen-bond donors (Lipinski definition) is 1. The van der Waals surface area contributed by atoms with Gasteiger partial charge in [-0.15, -0.1) is 0 Å². The number of amides is 1. The molecule has 1 saturated heterocycles. The van der Waals surface area contributed by atoms with Gasteiger partial charge >= 0.3 is 0 Å². The summed E-state index contributed by atoms with van der Waals surface area (Å²) in [4.78, 5) is 15.3. The van der Waals surface area contributed by atoms with Crippen LogP contribution in [0.2, 0.25) is 0 Å². The molecule has 2 aromatic carbocycles. The predicted molar refractivity (Wildman–Crippen MR) is 119 cm³/mol. The predicted octanol–water partition coefficient (Wildman–Crippen LogP) is 1.34. The topological polar surface area (TPSA) is 97.4 Å². The summed E-state index contributed by atoms with van der Waals surface area (Å²) in [6.45, 7) is 2.87. The summed E-state index contributed by atoms with van der Waals surface area (Å²) in [6, 6.07) is 12.0. The number of morpholine rings is 1. The number of benzene rings is 2. The van der Waals surface area contributed by atoms with E-state index in [0.717, 1.165) is 4.31 Å². The molecule has 9 nitrogen and oxygen atoms in total. The maximum Gasteiger partial charge on any atom is 0.253 e. The van der Waals surface area contributed by atoms with E-state index in [1.54, 1.807) is 6.07 Å². The zero-order valence-electron chi connectivity index (χ0n) is 18.1. The first kappa shape index (κ1) is 22.4. The molecule has 32 heavy (non-hydrogen) atoms. The third-order valence-corrected chi connectivity index (χ3v) is 7.21. The highest BCUT2D eigenvalue weighted by Gasteiger charge is 2.26. The molecule has 1 fully saturated rings. The molecular weight excluding hydrogens is 434 g/mol. The Balaban J connectivity index is 1.55. The van der Waals surface area contributed by atoms with Crippen LogP contribution < -0.4 is 19.7 Å². The fourth-order valence-electron chi connectivity index (χ4n) is 3.61. The highest BCUT2D eigenvalue weighted by Crippen LogP contribution is 2.31. The number of rotatable bonds is 6. The average molecular weight is 462 g/mol. The highest BCUT2D eigenvalue weighted by molar-refractivity contribution is 7.89. The van der Waals surface area contributed by atoms with Gasteiger partial charge in [-0.3, -0.25) is 4.79 Å². The normalized spacial score (nSPS) is 18.5. The van der Waals surface area contributed by atoms with Gasteiger partial charge in [0.2, 0.25) is 10.0 Å². The lowest BCUT2D eigenvalue weighted by atomic mass is 10.1. The van der Waals surface area contributed by atoms with Crippen molar-refractivity contribution < 1.29 is 27.4 Å². The number of anilines is 1. The molecule has 0 saturated carbocycles. The number of carbonyl (C=O) groups is 1. The van der Waals surface area contributed by atoms with Gasteiger partial charge in [-0.2, -0.15) is 0 Å². The van der Waals surface area contributed by atoms with Crippen LogP contribution in [-0.2, 0) is 14.8 Å². The van der Waals surface area contributed by atoms with Crippen LogP contribution in [0.3, 0.4) is 0 Å². The van der Waals surface area contributed by atoms with Gasteiger partial charge in [0, 0.05) is 32.9 Å². The van der Waals surface area contributed by atoms with E-state index in [9.17, 15) is 13.2 Å². The maximum atomic E-state index is 13.2. The van der Waals surface area contributed by atoms with Gasteiger partial charge in [0.15, 0.2) is 11.5 Å². The van der Waals surface area contributed by atoms with E-state index in [-0.39, 0.29) is 23.5 Å². The Morgan fingerprint density at radius 3 is 2.56 bits per heavy atom. The lowest BCUT2D eigenvalue weighted by Gasteiger charge is -2.31. The Morgan fingerprint density at radius 2 is 1.84 bits per heavy atom. The molecule has 10 heteroatoms. The van der Waals surface area contributed by atoms with E-state index in [4.69, 9.17) is 14.2 Å². The van der Waals surface area contributed by atoms with Gasteiger partial charge in [0.1, 0.15) is 12.7 Å². The summed E-state index contributed by atoms with van der Waals surface area (Å²) < 4.78 is 43.4. The second kappa shape index (κ2) is 9.35. The monoisotopic (exact) mass is 461 g/mol. The number of nitrogens with one attached hydrogen (secondary N) is 1. The molecule has 0 radical (unpaired) electrons. The molecule has 1 atom stereocenters. The van der Waals surface area contributed by atoms with Crippen molar-refractivity contribution >= 4 is 21.6 Å². The first-order valence-corrected chi connectivity index (χ1v) is 11.9. The van der Waals surface area contributed by atoms with E-state index < -0.39 is 10.0 Å². The summed E-state index contributed by atoms with van der Waals surface area (Å²) in [5.41, 5.74) is 0.974. The van der Waals surface area contributed by atoms with Gasteiger partial charge in [-0.25, -0.2) is 12.7 Å². The average Bonchev–Trinajstić information content (AvgIpc) is 2.82. The summed E-state index contributed by atoms with van der Waals surface area (Å²) >= 11 is 0. The number of hydrogen-bond acceptors (Lipinski definition) is 7. The molecule has 2 aliphatic heterocycles. The smallest absolute Gasteiger partial charge is 0.253 e. The number of fused-ring (bicyclic) bond motifs is 1. The minimum absolute atomic E-state index is 0.0656. The van der Waals surface area contributed by atoms with Crippen LogP contribution in [0, 0.1) is 0 Å². The molecule has 172 valence electrons. The Morgan fingerprint density at radius 1 is 1.12 bits per heavy atom. The van der Waals surface area contributed by atoms with Gasteiger partial charge in [-0.1, -0.05) is 12.1 Å². The van der Waals surface area contributed by atoms with Crippen LogP contribution in [0.1, 0.15) is 10.4 Å². The van der Waals surface area contributed by atoms with Crippen molar-refractivity contribution in [1.29, 1.82) is 0 Å². The van der Waals surface area contributed by atoms with Crippen molar-refractivity contribution in [2.45, 2.75) is 11.0 Å². The van der Waals surface area contributed by atoms with Crippen molar-refractivity contribution in [2.75, 3.05) is 58.5 Å². The maximum absolute atomic E-state index is 13.2. The first-order chi connectivity index (χ1) is 15.4. The molecule has 1 amide bonds. The van der Waals surface area contributed by atoms with E-state index in [1.165, 1.54) is 26.2 Å². The second-order valence-electron chi connectivity index (χ2n) is 7.77. The van der Waals surface area contributed by atoms with E-state index in [0.29, 0.717) is 55.7 Å². The lowest BCUT2D eigenvalue weighted by molar-refractivity contribution is 0.0788. The first-order valence-electron chi connectivity index (χ1n) is 10.4. The van der Waals surface area contributed by atoms with Gasteiger partial charge in [-0.05, 0) is 30.3 Å². The number of carbonyl (C=O) groups excluding carboxylic acids is 1. The minimum Gasteiger partial charge on any atom is -0.486 e. The van der Waals surface area contributed by atoms with Gasteiger partial charge < -0.3 is 24.4 Å². The number of sulfonamides is 1. The standard InChI is InChI=1S/C22H27N3O6S/c1-24(2)32(27,28)17-7-8-19(25-9-11-29-12-10-25)18(13-17)22(26)23-14-16-15-30-20-5-3-4-6-21(20)31-16/h3-8,13,16H,9-12,14-15H2,1-2H3,(H,23,26)/t16-/m1/s1. The molecule has 0 spiro atoms. The largest absolute Gasteiger partial charge is 0.486 e. The molecular formula is C22H27N3O6S. The fraction of sp³-hybridized carbons (Fsp3) is 0.409. The zero-order valence-corrected chi connectivity index (χ0v) is 18.9.